The molecule has 0 fully saturated rings. The molecule has 4 aromatic rings. The van der Waals surface area contributed by atoms with E-state index in [9.17, 15) is 0 Å². The molecule has 0 radical (unpaired) electrons. The molecule has 0 aliphatic carbocycles. The van der Waals surface area contributed by atoms with Crippen molar-refractivity contribution in [3.8, 4) is 5.75 Å². The molecule has 3 nitrogen and oxygen atoms in total. The minimum absolute atomic E-state index is 0.438. The molecule has 1 aromatic heterocycles. The molecule has 28 heavy (non-hydrogen) atoms. The molecule has 3 aromatic carbocycles. The van der Waals surface area contributed by atoms with Crippen molar-refractivity contribution in [2.24, 2.45) is 0 Å². The highest BCUT2D eigenvalue weighted by atomic mass is 16.7. The fraction of sp³-hybridized carbons (Fsp3) is 0.120. The maximum absolute atomic E-state index is 6.38. The number of ether oxygens (including phenoxy) is 2. The predicted molar refractivity (Wildman–Crippen MR) is 114 cm³/mol. The first-order valence-corrected chi connectivity index (χ1v) is 9.34. The second kappa shape index (κ2) is 7.75. The Morgan fingerprint density at radius 3 is 2.50 bits per heavy atom. The van der Waals surface area contributed by atoms with Gasteiger partial charge in [-0.1, -0.05) is 73.3 Å². The topological polar surface area (TPSA) is 34.2 Å². The number of para-hydroxylation sites is 1. The lowest BCUT2D eigenvalue weighted by Crippen LogP contribution is -2.33. The van der Waals surface area contributed by atoms with Gasteiger partial charge in [-0.15, -0.1) is 0 Å². The molecule has 4 rings (SSSR count). The molecule has 0 aliphatic heterocycles. The van der Waals surface area contributed by atoms with Gasteiger partial charge in [-0.05, 0) is 40.8 Å². The van der Waals surface area contributed by atoms with Crippen molar-refractivity contribution < 1.29 is 9.47 Å². The molecule has 1 N–H and O–H groups in total. The Labute approximate surface area is 165 Å². The Balaban J connectivity index is 1.69. The summed E-state index contributed by atoms with van der Waals surface area (Å²) in [5.74, 6) is -0.249. The minimum atomic E-state index is -0.978. The zero-order chi connectivity index (χ0) is 19.4. The highest BCUT2D eigenvalue weighted by Gasteiger charge is 2.32. The highest BCUT2D eigenvalue weighted by Crippen LogP contribution is 2.32. The SMILES string of the molecule is C=Cc1cccc(OC(C)(OCc2ccccc2)c2cc3ccccc3[nH]2)c1. The van der Waals surface area contributed by atoms with E-state index in [2.05, 4.69) is 29.8 Å². The van der Waals surface area contributed by atoms with E-state index >= 15 is 0 Å². The normalized spacial score (nSPS) is 13.2. The van der Waals surface area contributed by atoms with E-state index in [0.29, 0.717) is 6.61 Å². The van der Waals surface area contributed by atoms with Gasteiger partial charge in [0.2, 0.25) is 5.79 Å². The maximum Gasteiger partial charge on any atom is 0.249 e. The molecule has 1 atom stereocenters. The van der Waals surface area contributed by atoms with Crippen LogP contribution in [-0.2, 0) is 17.1 Å². The Morgan fingerprint density at radius 2 is 1.71 bits per heavy atom. The second-order valence-electron chi connectivity index (χ2n) is 6.87. The van der Waals surface area contributed by atoms with Crippen LogP contribution in [0.3, 0.4) is 0 Å². The van der Waals surface area contributed by atoms with E-state index in [1.165, 1.54) is 0 Å². The van der Waals surface area contributed by atoms with Gasteiger partial charge < -0.3 is 14.5 Å². The third-order valence-electron chi connectivity index (χ3n) is 4.78. The second-order valence-corrected chi connectivity index (χ2v) is 6.87. The van der Waals surface area contributed by atoms with Crippen LogP contribution >= 0.6 is 0 Å². The zero-order valence-corrected chi connectivity index (χ0v) is 15.9. The van der Waals surface area contributed by atoms with Crippen LogP contribution in [0.2, 0.25) is 0 Å². The van der Waals surface area contributed by atoms with Gasteiger partial charge in [0.15, 0.2) is 0 Å². The summed E-state index contributed by atoms with van der Waals surface area (Å²) in [5, 5.41) is 1.12. The van der Waals surface area contributed by atoms with Gasteiger partial charge in [0.25, 0.3) is 0 Å². The third-order valence-corrected chi connectivity index (χ3v) is 4.78. The molecule has 1 heterocycles. The number of hydrogen-bond donors (Lipinski definition) is 1. The van der Waals surface area contributed by atoms with Gasteiger partial charge in [0.05, 0.1) is 12.3 Å². The van der Waals surface area contributed by atoms with E-state index < -0.39 is 5.79 Å². The van der Waals surface area contributed by atoms with Gasteiger partial charge in [0, 0.05) is 12.4 Å². The van der Waals surface area contributed by atoms with E-state index in [1.807, 2.05) is 73.7 Å². The molecule has 140 valence electrons. The molecule has 0 bridgehead atoms. The quantitative estimate of drug-likeness (QED) is 0.389. The van der Waals surface area contributed by atoms with Crippen LogP contribution in [-0.4, -0.2) is 4.98 Å². The Kier molecular flexibility index (Phi) is 5.00. The van der Waals surface area contributed by atoms with E-state index in [-0.39, 0.29) is 0 Å². The predicted octanol–water partition coefficient (Wildman–Crippen LogP) is 6.28. The number of benzene rings is 3. The Morgan fingerprint density at radius 1 is 0.929 bits per heavy atom. The fourth-order valence-electron chi connectivity index (χ4n) is 3.21. The Hall–Kier alpha value is -3.30. The van der Waals surface area contributed by atoms with Crippen LogP contribution < -0.4 is 4.74 Å². The third kappa shape index (κ3) is 3.85. The van der Waals surface area contributed by atoms with Crippen molar-refractivity contribution in [2.45, 2.75) is 19.3 Å². The number of rotatable bonds is 7. The summed E-state index contributed by atoms with van der Waals surface area (Å²) < 4.78 is 12.7. The van der Waals surface area contributed by atoms with Crippen LogP contribution in [0.1, 0.15) is 23.7 Å². The van der Waals surface area contributed by atoms with Gasteiger partial charge in [-0.25, -0.2) is 0 Å². The molecule has 0 spiro atoms. The van der Waals surface area contributed by atoms with Crippen molar-refractivity contribution in [3.63, 3.8) is 0 Å². The van der Waals surface area contributed by atoms with Crippen molar-refractivity contribution in [3.05, 3.63) is 108 Å². The maximum atomic E-state index is 6.38. The smallest absolute Gasteiger partial charge is 0.249 e. The molecular formula is C25H23NO2. The van der Waals surface area contributed by atoms with Gasteiger partial charge in [0.1, 0.15) is 5.75 Å². The van der Waals surface area contributed by atoms with Crippen LogP contribution in [0.5, 0.6) is 5.75 Å². The van der Waals surface area contributed by atoms with Crippen LogP contribution in [0.25, 0.3) is 17.0 Å². The van der Waals surface area contributed by atoms with Gasteiger partial charge in [-0.2, -0.15) is 0 Å². The summed E-state index contributed by atoms with van der Waals surface area (Å²) in [6.45, 7) is 6.22. The van der Waals surface area contributed by atoms with Crippen LogP contribution in [0.4, 0.5) is 0 Å². The number of fused-ring (bicyclic) bond motifs is 1. The number of aromatic amines is 1. The number of nitrogens with one attached hydrogen (secondary N) is 1. The average molecular weight is 369 g/mol. The van der Waals surface area contributed by atoms with Crippen molar-refractivity contribution in [1.82, 2.24) is 4.98 Å². The van der Waals surface area contributed by atoms with Gasteiger partial charge >= 0.3 is 0 Å². The lowest BCUT2D eigenvalue weighted by atomic mass is 10.1. The summed E-state index contributed by atoms with van der Waals surface area (Å²) in [7, 11) is 0. The molecule has 0 saturated heterocycles. The molecule has 0 amide bonds. The number of aromatic nitrogens is 1. The molecule has 0 aliphatic rings. The summed E-state index contributed by atoms with van der Waals surface area (Å²) in [6.07, 6.45) is 1.80. The number of hydrogen-bond acceptors (Lipinski definition) is 2. The van der Waals surface area contributed by atoms with Crippen molar-refractivity contribution in [2.75, 3.05) is 0 Å². The minimum Gasteiger partial charge on any atom is -0.457 e. The monoisotopic (exact) mass is 369 g/mol. The van der Waals surface area contributed by atoms with Crippen LogP contribution in [0.15, 0.2) is 91.5 Å². The zero-order valence-electron chi connectivity index (χ0n) is 15.9. The molecular weight excluding hydrogens is 346 g/mol. The standard InChI is InChI=1S/C25H23NO2/c1-3-19-12-9-14-22(16-19)28-25(2,27-18-20-10-5-4-6-11-20)24-17-21-13-7-8-15-23(21)26-24/h3-17,26H,1,18H2,2H3. The van der Waals surface area contributed by atoms with Crippen molar-refractivity contribution >= 4 is 17.0 Å². The molecule has 1 unspecified atom stereocenters. The first kappa shape index (κ1) is 18.1. The largest absolute Gasteiger partial charge is 0.457 e. The molecule has 0 saturated carbocycles. The fourth-order valence-corrected chi connectivity index (χ4v) is 3.21. The highest BCUT2D eigenvalue weighted by molar-refractivity contribution is 5.80. The lowest BCUT2D eigenvalue weighted by Gasteiger charge is -2.30. The first-order valence-electron chi connectivity index (χ1n) is 9.34. The summed E-state index contributed by atoms with van der Waals surface area (Å²) in [4.78, 5) is 3.45. The summed E-state index contributed by atoms with van der Waals surface area (Å²) >= 11 is 0. The van der Waals surface area contributed by atoms with E-state index in [1.54, 1.807) is 6.08 Å². The first-order chi connectivity index (χ1) is 13.7. The molecule has 3 heteroatoms. The Bertz CT molecular complexity index is 1050. The number of H-pyrrole nitrogens is 1. The lowest BCUT2D eigenvalue weighted by molar-refractivity contribution is -0.189. The van der Waals surface area contributed by atoms with Crippen molar-refractivity contribution in [1.29, 1.82) is 0 Å². The van der Waals surface area contributed by atoms with E-state index in [0.717, 1.165) is 33.5 Å². The summed E-state index contributed by atoms with van der Waals surface area (Å²) in [6, 6.07) is 28.2. The average Bonchev–Trinajstić information content (AvgIpc) is 3.18. The van der Waals surface area contributed by atoms with E-state index in [4.69, 9.17) is 9.47 Å². The van der Waals surface area contributed by atoms with Gasteiger partial charge in [-0.3, -0.25) is 0 Å². The van der Waals surface area contributed by atoms with Crippen LogP contribution in [0, 0.1) is 0 Å². The summed E-state index contributed by atoms with van der Waals surface area (Å²) in [5.41, 5.74) is 4.01.